The van der Waals surface area contributed by atoms with Crippen molar-refractivity contribution >= 4 is 17.4 Å². The Labute approximate surface area is 163 Å². The van der Waals surface area contributed by atoms with E-state index in [-0.39, 0.29) is 18.2 Å². The molecule has 2 atom stereocenters. The fourth-order valence-corrected chi connectivity index (χ4v) is 3.41. The number of carbonyl (C=O) groups excluding carboxylic acids is 2. The predicted molar refractivity (Wildman–Crippen MR) is 104 cm³/mol. The van der Waals surface area contributed by atoms with Crippen molar-refractivity contribution in [2.45, 2.75) is 19.3 Å². The number of hydrogen-bond acceptors (Lipinski definition) is 5. The summed E-state index contributed by atoms with van der Waals surface area (Å²) in [5.74, 6) is -1.95. The third-order valence-corrected chi connectivity index (χ3v) is 4.66. The molecule has 1 N–H and O–H groups in total. The average molecular weight is 383 g/mol. The molecule has 0 fully saturated rings. The minimum atomic E-state index is -0.926. The first-order valence-corrected chi connectivity index (χ1v) is 9.09. The number of hydrogen-bond donors (Lipinski definition) is 1. The topological polar surface area (TPSA) is 64.6 Å². The molecule has 3 rings (SSSR count). The number of benzene rings is 2. The Morgan fingerprint density at radius 3 is 2.71 bits per heavy atom. The quantitative estimate of drug-likeness (QED) is 0.602. The lowest BCUT2D eigenvalue weighted by Gasteiger charge is -2.30. The van der Waals surface area contributed by atoms with Gasteiger partial charge in [-0.15, -0.1) is 0 Å². The molecule has 2 aromatic carbocycles. The van der Waals surface area contributed by atoms with Crippen LogP contribution in [0.4, 0.5) is 10.1 Å². The maximum Gasteiger partial charge on any atom is 0.317 e. The van der Waals surface area contributed by atoms with Crippen LogP contribution in [0.5, 0.6) is 5.75 Å². The zero-order chi connectivity index (χ0) is 20.1. The van der Waals surface area contributed by atoms with Crippen molar-refractivity contribution in [2.24, 2.45) is 5.92 Å². The van der Waals surface area contributed by atoms with Crippen molar-refractivity contribution < 1.29 is 23.5 Å². The van der Waals surface area contributed by atoms with Crippen LogP contribution >= 0.6 is 0 Å². The molecule has 0 aliphatic heterocycles. The third kappa shape index (κ3) is 4.39. The molecule has 0 spiro atoms. The molecular formula is C22H22FNO4. The van der Waals surface area contributed by atoms with Gasteiger partial charge in [0, 0.05) is 23.4 Å². The van der Waals surface area contributed by atoms with Gasteiger partial charge in [-0.3, -0.25) is 9.59 Å². The number of methoxy groups -OCH3 is 1. The molecule has 28 heavy (non-hydrogen) atoms. The van der Waals surface area contributed by atoms with E-state index in [1.807, 2.05) is 18.2 Å². The van der Waals surface area contributed by atoms with Crippen LogP contribution in [0, 0.1) is 11.7 Å². The number of rotatable bonds is 6. The van der Waals surface area contributed by atoms with Crippen LogP contribution in [0.1, 0.15) is 24.8 Å². The fourth-order valence-electron chi connectivity index (χ4n) is 3.41. The average Bonchev–Trinajstić information content (AvgIpc) is 2.67. The van der Waals surface area contributed by atoms with Gasteiger partial charge in [0.2, 0.25) is 0 Å². The minimum Gasteiger partial charge on any atom is -0.497 e. The summed E-state index contributed by atoms with van der Waals surface area (Å²) in [4.78, 5) is 25.3. The highest BCUT2D eigenvalue weighted by atomic mass is 19.1. The molecule has 0 bridgehead atoms. The summed E-state index contributed by atoms with van der Waals surface area (Å²) in [7, 11) is 1.56. The molecule has 1 aliphatic rings. The van der Waals surface area contributed by atoms with Gasteiger partial charge in [-0.1, -0.05) is 18.2 Å². The lowest BCUT2D eigenvalue weighted by Crippen LogP contribution is -2.35. The molecule has 6 heteroatoms. The Morgan fingerprint density at radius 1 is 1.21 bits per heavy atom. The van der Waals surface area contributed by atoms with Crippen LogP contribution in [0.3, 0.4) is 0 Å². The van der Waals surface area contributed by atoms with E-state index in [1.165, 1.54) is 18.2 Å². The van der Waals surface area contributed by atoms with Crippen LogP contribution < -0.4 is 10.1 Å². The number of carbonyl (C=O) groups is 2. The van der Waals surface area contributed by atoms with Crippen molar-refractivity contribution in [3.05, 3.63) is 71.7 Å². The first-order valence-electron chi connectivity index (χ1n) is 9.09. The highest BCUT2D eigenvalue weighted by Gasteiger charge is 2.39. The minimum absolute atomic E-state index is 0.200. The van der Waals surface area contributed by atoms with E-state index in [1.54, 1.807) is 32.2 Å². The maximum absolute atomic E-state index is 13.5. The van der Waals surface area contributed by atoms with Crippen LogP contribution in [0.25, 0.3) is 0 Å². The highest BCUT2D eigenvalue weighted by molar-refractivity contribution is 6.07. The highest BCUT2D eigenvalue weighted by Crippen LogP contribution is 2.38. The smallest absolute Gasteiger partial charge is 0.317 e. The van der Waals surface area contributed by atoms with E-state index in [9.17, 15) is 14.0 Å². The van der Waals surface area contributed by atoms with Gasteiger partial charge in [-0.25, -0.2) is 4.39 Å². The molecule has 5 nitrogen and oxygen atoms in total. The SMILES string of the molecule is CCOC(=O)[C@H]1C(=O)C=C(Nc2cccc(F)c2)C[C@H]1c1cccc(OC)c1. The summed E-state index contributed by atoms with van der Waals surface area (Å²) in [5.41, 5.74) is 1.96. The van der Waals surface area contributed by atoms with E-state index >= 15 is 0 Å². The summed E-state index contributed by atoms with van der Waals surface area (Å²) in [6.45, 7) is 1.91. The molecule has 0 radical (unpaired) electrons. The van der Waals surface area contributed by atoms with E-state index in [2.05, 4.69) is 5.32 Å². The normalized spacial score (nSPS) is 19.0. The van der Waals surface area contributed by atoms with E-state index in [0.717, 1.165) is 5.56 Å². The summed E-state index contributed by atoms with van der Waals surface area (Å²) >= 11 is 0. The Morgan fingerprint density at radius 2 is 2.00 bits per heavy atom. The summed E-state index contributed by atoms with van der Waals surface area (Å²) in [5, 5.41) is 3.09. The second-order valence-corrected chi connectivity index (χ2v) is 6.52. The van der Waals surface area contributed by atoms with Crippen molar-refractivity contribution in [2.75, 3.05) is 19.0 Å². The van der Waals surface area contributed by atoms with Gasteiger partial charge in [0.15, 0.2) is 5.78 Å². The lowest BCUT2D eigenvalue weighted by atomic mass is 9.76. The zero-order valence-corrected chi connectivity index (χ0v) is 15.8. The Kier molecular flexibility index (Phi) is 6.09. The second-order valence-electron chi connectivity index (χ2n) is 6.52. The number of esters is 1. The van der Waals surface area contributed by atoms with Crippen LogP contribution in [0.2, 0.25) is 0 Å². The standard InChI is InChI=1S/C22H22FNO4/c1-3-28-22(26)21-19(14-6-4-9-18(10-14)27-2)12-17(13-20(21)25)24-16-8-5-7-15(23)11-16/h4-11,13,19,21,24H,3,12H2,1-2H3/t19-,21+/m0/s1. The van der Waals surface area contributed by atoms with Crippen LogP contribution in [0.15, 0.2) is 60.3 Å². The molecule has 0 saturated carbocycles. The monoisotopic (exact) mass is 383 g/mol. The lowest BCUT2D eigenvalue weighted by molar-refractivity contribution is -0.151. The van der Waals surface area contributed by atoms with Gasteiger partial charge >= 0.3 is 5.97 Å². The first kappa shape index (κ1) is 19.6. The zero-order valence-electron chi connectivity index (χ0n) is 15.8. The number of ether oxygens (including phenoxy) is 2. The van der Waals surface area contributed by atoms with E-state index < -0.39 is 17.8 Å². The van der Waals surface area contributed by atoms with Gasteiger partial charge in [0.05, 0.1) is 13.7 Å². The Hall–Kier alpha value is -3.15. The number of nitrogens with one attached hydrogen (secondary N) is 1. The van der Waals surface area contributed by atoms with Crippen molar-refractivity contribution in [1.82, 2.24) is 0 Å². The van der Waals surface area contributed by atoms with Crippen molar-refractivity contribution in [3.8, 4) is 5.75 Å². The van der Waals surface area contributed by atoms with Crippen LogP contribution in [-0.2, 0) is 14.3 Å². The molecule has 0 heterocycles. The maximum atomic E-state index is 13.5. The molecule has 0 saturated heterocycles. The van der Waals surface area contributed by atoms with Crippen molar-refractivity contribution in [1.29, 1.82) is 0 Å². The molecule has 0 aromatic heterocycles. The van der Waals surface area contributed by atoms with Crippen molar-refractivity contribution in [3.63, 3.8) is 0 Å². The molecule has 0 amide bonds. The molecular weight excluding hydrogens is 361 g/mol. The fraction of sp³-hybridized carbons (Fsp3) is 0.273. The van der Waals surface area contributed by atoms with Gasteiger partial charge in [0.1, 0.15) is 17.5 Å². The largest absolute Gasteiger partial charge is 0.497 e. The molecule has 2 aromatic rings. The first-order chi connectivity index (χ1) is 13.5. The molecule has 1 aliphatic carbocycles. The molecule has 0 unspecified atom stereocenters. The number of allylic oxidation sites excluding steroid dienone is 2. The summed E-state index contributed by atoms with van der Waals surface area (Å²) in [6.07, 6.45) is 1.81. The third-order valence-electron chi connectivity index (χ3n) is 4.66. The van der Waals surface area contributed by atoms with E-state index in [0.29, 0.717) is 23.6 Å². The van der Waals surface area contributed by atoms with Gasteiger partial charge in [0.25, 0.3) is 0 Å². The number of anilines is 1. The predicted octanol–water partition coefficient (Wildman–Crippen LogP) is 4.07. The Balaban J connectivity index is 1.94. The van der Waals surface area contributed by atoms with Gasteiger partial charge in [-0.2, -0.15) is 0 Å². The van der Waals surface area contributed by atoms with Gasteiger partial charge in [-0.05, 0) is 49.2 Å². The number of halogens is 1. The van der Waals surface area contributed by atoms with E-state index in [4.69, 9.17) is 9.47 Å². The molecule has 146 valence electrons. The number of ketones is 1. The summed E-state index contributed by atoms with van der Waals surface area (Å²) < 4.78 is 23.9. The second kappa shape index (κ2) is 8.69. The Bertz CT molecular complexity index is 909. The van der Waals surface area contributed by atoms with Gasteiger partial charge < -0.3 is 14.8 Å². The van der Waals surface area contributed by atoms with Crippen LogP contribution in [-0.4, -0.2) is 25.5 Å². The summed E-state index contributed by atoms with van der Waals surface area (Å²) in [6, 6.07) is 13.3.